The van der Waals surface area contributed by atoms with Gasteiger partial charge in [0.05, 0.1) is 6.10 Å². The lowest BCUT2D eigenvalue weighted by Gasteiger charge is -2.39. The van der Waals surface area contributed by atoms with E-state index in [9.17, 15) is 5.11 Å². The van der Waals surface area contributed by atoms with Gasteiger partial charge in [-0.2, -0.15) is 11.8 Å². The van der Waals surface area contributed by atoms with Crippen LogP contribution in [0.25, 0.3) is 0 Å². The monoisotopic (exact) mass is 285 g/mol. The lowest BCUT2D eigenvalue weighted by atomic mass is 9.73. The van der Waals surface area contributed by atoms with Gasteiger partial charge in [0, 0.05) is 29.5 Å². The van der Waals surface area contributed by atoms with Gasteiger partial charge in [-0.05, 0) is 37.6 Å². The van der Waals surface area contributed by atoms with Crippen molar-refractivity contribution >= 4 is 11.8 Å². The Morgan fingerprint density at radius 1 is 1.21 bits per heavy atom. The summed E-state index contributed by atoms with van der Waals surface area (Å²) in [6, 6.07) is 0. The van der Waals surface area contributed by atoms with Crippen molar-refractivity contribution in [1.82, 2.24) is 4.90 Å². The Balaban J connectivity index is 1.89. The van der Waals surface area contributed by atoms with Crippen LogP contribution in [-0.4, -0.2) is 46.2 Å². The van der Waals surface area contributed by atoms with Crippen molar-refractivity contribution in [2.45, 2.75) is 57.8 Å². The predicted octanol–water partition coefficient (Wildman–Crippen LogP) is 3.25. The smallest absolute Gasteiger partial charge is 0.0585 e. The van der Waals surface area contributed by atoms with Crippen LogP contribution in [0.15, 0.2) is 0 Å². The number of aliphatic hydroxyl groups excluding tert-OH is 1. The third-order valence-electron chi connectivity index (χ3n) is 5.04. The molecule has 2 nitrogen and oxygen atoms in total. The van der Waals surface area contributed by atoms with E-state index in [1.54, 1.807) is 0 Å². The highest BCUT2D eigenvalue weighted by atomic mass is 32.2. The number of thioether (sulfide) groups is 1. The lowest BCUT2D eigenvalue weighted by Crippen LogP contribution is -2.43. The standard InChI is InChI=1S/C16H31NOS/c1-12-9-13(2)14(15(18)10-12)11-17-6-5-16(3,4)19-8-7-17/h12-15,18H,5-11H2,1-4H3. The molecular weight excluding hydrogens is 254 g/mol. The van der Waals surface area contributed by atoms with Gasteiger partial charge in [0.1, 0.15) is 0 Å². The topological polar surface area (TPSA) is 23.5 Å². The van der Waals surface area contributed by atoms with Gasteiger partial charge in [-0.15, -0.1) is 0 Å². The van der Waals surface area contributed by atoms with E-state index in [-0.39, 0.29) is 6.10 Å². The predicted molar refractivity (Wildman–Crippen MR) is 84.7 cm³/mol. The molecule has 1 aliphatic carbocycles. The normalized spacial score (nSPS) is 40.9. The molecule has 1 aliphatic heterocycles. The van der Waals surface area contributed by atoms with Crippen LogP contribution in [0.2, 0.25) is 0 Å². The van der Waals surface area contributed by atoms with Crippen molar-refractivity contribution in [3.8, 4) is 0 Å². The highest BCUT2D eigenvalue weighted by Crippen LogP contribution is 2.36. The van der Waals surface area contributed by atoms with Crippen molar-refractivity contribution in [3.05, 3.63) is 0 Å². The fraction of sp³-hybridized carbons (Fsp3) is 1.00. The molecule has 0 amide bonds. The zero-order chi connectivity index (χ0) is 14.0. The number of hydrogen-bond acceptors (Lipinski definition) is 3. The SMILES string of the molecule is CC1CC(C)C(CN2CCSC(C)(C)CC2)C(O)C1. The first-order chi connectivity index (χ1) is 8.87. The summed E-state index contributed by atoms with van der Waals surface area (Å²) in [5.41, 5.74) is 0. The Labute approximate surface area is 123 Å². The summed E-state index contributed by atoms with van der Waals surface area (Å²) >= 11 is 2.10. The molecule has 19 heavy (non-hydrogen) atoms. The molecule has 1 heterocycles. The number of hydrogen-bond donors (Lipinski definition) is 1. The highest BCUT2D eigenvalue weighted by Gasteiger charge is 2.34. The zero-order valence-corrected chi connectivity index (χ0v) is 13.9. The van der Waals surface area contributed by atoms with Crippen LogP contribution in [0.5, 0.6) is 0 Å². The summed E-state index contributed by atoms with van der Waals surface area (Å²) in [4.78, 5) is 2.60. The minimum atomic E-state index is -0.0809. The molecule has 0 aromatic heterocycles. The van der Waals surface area contributed by atoms with Crippen LogP contribution in [0.4, 0.5) is 0 Å². The van der Waals surface area contributed by atoms with Gasteiger partial charge in [-0.1, -0.05) is 27.7 Å². The number of nitrogens with zero attached hydrogens (tertiary/aromatic N) is 1. The van der Waals surface area contributed by atoms with Crippen LogP contribution in [0, 0.1) is 17.8 Å². The summed E-state index contributed by atoms with van der Waals surface area (Å²) in [6.45, 7) is 12.8. The van der Waals surface area contributed by atoms with Crippen LogP contribution >= 0.6 is 11.8 Å². The van der Waals surface area contributed by atoms with Gasteiger partial charge in [-0.25, -0.2) is 0 Å². The molecule has 0 aromatic carbocycles. The third kappa shape index (κ3) is 4.37. The van der Waals surface area contributed by atoms with E-state index < -0.39 is 0 Å². The summed E-state index contributed by atoms with van der Waals surface area (Å²) in [5.74, 6) is 3.09. The summed E-state index contributed by atoms with van der Waals surface area (Å²) in [6.07, 6.45) is 3.48. The van der Waals surface area contributed by atoms with Crippen LogP contribution in [0.3, 0.4) is 0 Å². The molecule has 4 unspecified atom stereocenters. The summed E-state index contributed by atoms with van der Waals surface area (Å²) in [7, 11) is 0. The second-order valence-corrected chi connectivity index (χ2v) is 9.25. The molecule has 1 saturated carbocycles. The molecule has 0 spiro atoms. The second kappa shape index (κ2) is 6.36. The zero-order valence-electron chi connectivity index (χ0n) is 13.1. The Morgan fingerprint density at radius 2 is 1.95 bits per heavy atom. The third-order valence-corrected chi connectivity index (χ3v) is 6.41. The first-order valence-electron chi connectivity index (χ1n) is 7.92. The molecule has 3 heteroatoms. The largest absolute Gasteiger partial charge is 0.393 e. The number of aliphatic hydroxyl groups is 1. The van der Waals surface area contributed by atoms with E-state index in [2.05, 4.69) is 44.4 Å². The van der Waals surface area contributed by atoms with Crippen LogP contribution in [0.1, 0.15) is 47.0 Å². The second-order valence-electron chi connectivity index (χ2n) is 7.44. The van der Waals surface area contributed by atoms with E-state index in [1.807, 2.05) is 0 Å². The first-order valence-corrected chi connectivity index (χ1v) is 8.90. The van der Waals surface area contributed by atoms with Crippen molar-refractivity contribution in [2.24, 2.45) is 17.8 Å². The Hall–Kier alpha value is 0.270. The average Bonchev–Trinajstić information content (AvgIpc) is 2.45. The van der Waals surface area contributed by atoms with E-state index in [1.165, 1.54) is 31.7 Å². The maximum absolute atomic E-state index is 10.4. The van der Waals surface area contributed by atoms with Crippen molar-refractivity contribution in [3.63, 3.8) is 0 Å². The maximum atomic E-state index is 10.4. The fourth-order valence-electron chi connectivity index (χ4n) is 3.72. The molecule has 1 N–H and O–H groups in total. The molecule has 0 bridgehead atoms. The Bertz CT molecular complexity index is 282. The van der Waals surface area contributed by atoms with Gasteiger partial charge >= 0.3 is 0 Å². The van der Waals surface area contributed by atoms with Gasteiger partial charge < -0.3 is 10.0 Å². The van der Waals surface area contributed by atoms with E-state index in [4.69, 9.17) is 0 Å². The van der Waals surface area contributed by atoms with Crippen molar-refractivity contribution < 1.29 is 5.11 Å². The molecule has 4 atom stereocenters. The number of rotatable bonds is 2. The highest BCUT2D eigenvalue weighted by molar-refractivity contribution is 8.00. The fourth-order valence-corrected chi connectivity index (χ4v) is 4.85. The minimum Gasteiger partial charge on any atom is -0.393 e. The molecule has 1 saturated heterocycles. The van der Waals surface area contributed by atoms with Gasteiger partial charge in [0.2, 0.25) is 0 Å². The molecule has 0 radical (unpaired) electrons. The average molecular weight is 285 g/mol. The minimum absolute atomic E-state index is 0.0809. The van der Waals surface area contributed by atoms with E-state index in [0.717, 1.165) is 13.0 Å². The van der Waals surface area contributed by atoms with E-state index >= 15 is 0 Å². The van der Waals surface area contributed by atoms with Crippen molar-refractivity contribution in [2.75, 3.05) is 25.4 Å². The van der Waals surface area contributed by atoms with Crippen molar-refractivity contribution in [1.29, 1.82) is 0 Å². The molecule has 2 rings (SSSR count). The molecule has 2 aliphatic rings. The van der Waals surface area contributed by atoms with Crippen LogP contribution < -0.4 is 0 Å². The Kier molecular flexibility index (Phi) is 5.24. The molecule has 112 valence electrons. The molecule has 0 aromatic rings. The van der Waals surface area contributed by atoms with Crippen LogP contribution in [-0.2, 0) is 0 Å². The lowest BCUT2D eigenvalue weighted by molar-refractivity contribution is -0.00121. The first kappa shape index (κ1) is 15.7. The Morgan fingerprint density at radius 3 is 2.63 bits per heavy atom. The summed E-state index contributed by atoms with van der Waals surface area (Å²) in [5, 5.41) is 10.4. The van der Waals surface area contributed by atoms with E-state index in [0.29, 0.717) is 22.5 Å². The van der Waals surface area contributed by atoms with Gasteiger partial charge in [-0.3, -0.25) is 0 Å². The molecule has 2 fully saturated rings. The van der Waals surface area contributed by atoms with Gasteiger partial charge in [0.25, 0.3) is 0 Å². The maximum Gasteiger partial charge on any atom is 0.0585 e. The van der Waals surface area contributed by atoms with Gasteiger partial charge in [0.15, 0.2) is 0 Å². The quantitative estimate of drug-likeness (QED) is 0.842. The molecular formula is C16H31NOS. The summed E-state index contributed by atoms with van der Waals surface area (Å²) < 4.78 is 0.431.